The van der Waals surface area contributed by atoms with Gasteiger partial charge in [-0.05, 0) is 92.9 Å². The Hall–Kier alpha value is -5.80. The quantitative estimate of drug-likeness (QED) is 0.162. The summed E-state index contributed by atoms with van der Waals surface area (Å²) in [6, 6.07) is 22.0. The monoisotopic (exact) mass is 819 g/mol. The number of hydrogen-bond acceptors (Lipinski definition) is 9. The normalized spacial score (nSPS) is 31.9. The molecule has 3 aliphatic heterocycles. The second-order valence-corrected chi connectivity index (χ2v) is 17.8. The van der Waals surface area contributed by atoms with E-state index in [0.29, 0.717) is 73.9 Å². The van der Waals surface area contributed by atoms with Gasteiger partial charge in [-0.1, -0.05) is 80.1 Å². The molecule has 4 bridgehead atoms. The van der Waals surface area contributed by atoms with Crippen LogP contribution in [0, 0.1) is 6.92 Å². The largest absolute Gasteiger partial charge is 0.465 e. The van der Waals surface area contributed by atoms with Crippen LogP contribution < -0.4 is 27.0 Å². The van der Waals surface area contributed by atoms with Crippen LogP contribution in [-0.4, -0.2) is 93.1 Å². The fourth-order valence-electron chi connectivity index (χ4n) is 12.7. The first kappa shape index (κ1) is 41.0. The summed E-state index contributed by atoms with van der Waals surface area (Å²) >= 11 is 0. The van der Waals surface area contributed by atoms with Crippen LogP contribution in [0.25, 0.3) is 0 Å². The van der Waals surface area contributed by atoms with E-state index in [-0.39, 0.29) is 37.0 Å². The number of anilines is 1. The van der Waals surface area contributed by atoms with Crippen LogP contribution in [-0.2, 0) is 41.1 Å². The molecule has 15 heteroatoms. The number of rotatable bonds is 11. The fraction of sp³-hybridized carbons (Fsp3) is 0.467. The van der Waals surface area contributed by atoms with Crippen LogP contribution in [0.3, 0.4) is 0 Å². The number of nitrogens with two attached hydrogens (primary N) is 2. The molecule has 60 heavy (non-hydrogen) atoms. The van der Waals surface area contributed by atoms with Crippen molar-refractivity contribution in [3.8, 4) is 0 Å². The highest BCUT2D eigenvalue weighted by atomic mass is 16.4. The maximum atomic E-state index is 14.8. The first-order valence-electron chi connectivity index (χ1n) is 20.8. The molecular formula is C45H53N7O8. The third kappa shape index (κ3) is 5.83. The van der Waals surface area contributed by atoms with Crippen LogP contribution in [0.2, 0.25) is 0 Å². The standard InChI is InChI=1S/C45H53N7O8/c1-26-8-18-31(19-9-26)52-34(32-6-4-22-50(32)44(38(55)48-40(57)58)29-14-10-27(11-15-29)42(44,2)24-36(46)53)20-21-35(52)33-7-5-23-51(33)45(39(56)49-41(59)60)30-16-12-28(13-17-30)43(45,3)25-37(47)54/h8-19,32-35H,4-7,20-25H2,1-3H3,(H2,46,53)(H2,47,54)(H,48,55)(H,49,56)(H,57,58)(H,59,60)/t32?,33?,34-,35-,42?,43?,44+,45+/m0/s1. The number of hydrogen-bond donors (Lipinski definition) is 6. The van der Waals surface area contributed by atoms with E-state index in [0.717, 1.165) is 11.3 Å². The van der Waals surface area contributed by atoms with Crippen LogP contribution >= 0.6 is 0 Å². The maximum absolute atomic E-state index is 14.8. The summed E-state index contributed by atoms with van der Waals surface area (Å²) in [7, 11) is 0. The van der Waals surface area contributed by atoms with E-state index in [1.54, 1.807) is 0 Å². The minimum absolute atomic E-state index is 0.200. The van der Waals surface area contributed by atoms with E-state index >= 15 is 0 Å². The van der Waals surface area contributed by atoms with Gasteiger partial charge in [0.2, 0.25) is 11.8 Å². The molecule has 0 aromatic heterocycles. The zero-order chi connectivity index (χ0) is 42.9. The topological polar surface area (TPSA) is 229 Å². The van der Waals surface area contributed by atoms with Crippen molar-refractivity contribution < 1.29 is 39.0 Å². The fourth-order valence-corrected chi connectivity index (χ4v) is 12.7. The van der Waals surface area contributed by atoms with E-state index in [4.69, 9.17) is 11.5 Å². The molecule has 3 fully saturated rings. The highest BCUT2D eigenvalue weighted by molar-refractivity contribution is 6.01. The van der Waals surface area contributed by atoms with Crippen molar-refractivity contribution in [2.75, 3.05) is 18.0 Å². The van der Waals surface area contributed by atoms with Crippen molar-refractivity contribution in [1.29, 1.82) is 0 Å². The molecule has 15 nitrogen and oxygen atoms in total. The van der Waals surface area contributed by atoms with Gasteiger partial charge in [0.15, 0.2) is 0 Å². The number of imide groups is 2. The molecular weight excluding hydrogens is 767 g/mol. The predicted octanol–water partition coefficient (Wildman–Crippen LogP) is 3.93. The molecule has 3 heterocycles. The number of benzene rings is 3. The van der Waals surface area contributed by atoms with Crippen molar-refractivity contribution >= 4 is 41.5 Å². The van der Waals surface area contributed by atoms with Crippen LogP contribution in [0.4, 0.5) is 15.3 Å². The van der Waals surface area contributed by atoms with E-state index in [9.17, 15) is 39.0 Å². The van der Waals surface area contributed by atoms with E-state index in [1.807, 2.05) is 81.4 Å². The first-order chi connectivity index (χ1) is 28.5. The minimum atomic E-state index is -1.60. The van der Waals surface area contributed by atoms with Crippen LogP contribution in [0.1, 0.15) is 93.0 Å². The summed E-state index contributed by atoms with van der Waals surface area (Å²) in [4.78, 5) is 86.6. The number of aryl methyl sites for hydroxylation is 1. The molecule has 8 N–H and O–H groups in total. The Morgan fingerprint density at radius 1 is 0.583 bits per heavy atom. The van der Waals surface area contributed by atoms with Crippen LogP contribution in [0.5, 0.6) is 0 Å². The number of likely N-dealkylation sites (tertiary alicyclic amines) is 2. The average molecular weight is 820 g/mol. The van der Waals surface area contributed by atoms with Gasteiger partial charge in [0.25, 0.3) is 11.8 Å². The third-order valence-corrected chi connectivity index (χ3v) is 14.8. The summed E-state index contributed by atoms with van der Waals surface area (Å²) < 4.78 is 0. The molecule has 0 radical (unpaired) electrons. The van der Waals surface area contributed by atoms with Gasteiger partial charge in [0, 0.05) is 53.5 Å². The van der Waals surface area contributed by atoms with E-state index in [1.165, 1.54) is 0 Å². The number of nitrogens with zero attached hydrogens (tertiary/aromatic N) is 3. The molecule has 7 aliphatic rings. The molecule has 4 unspecified atom stereocenters. The second kappa shape index (κ2) is 14.7. The van der Waals surface area contributed by atoms with Crippen LogP contribution in [0.15, 0.2) is 72.8 Å². The Bertz CT molecular complexity index is 2120. The number of carboxylic acid groups (broad SMARTS) is 2. The zero-order valence-electron chi connectivity index (χ0n) is 34.1. The molecule has 316 valence electrons. The molecule has 4 aliphatic carbocycles. The summed E-state index contributed by atoms with van der Waals surface area (Å²) in [6.45, 7) is 6.55. The molecule has 0 saturated carbocycles. The molecule has 3 saturated heterocycles. The lowest BCUT2D eigenvalue weighted by molar-refractivity contribution is -0.144. The van der Waals surface area contributed by atoms with Crippen molar-refractivity contribution in [3.63, 3.8) is 0 Å². The zero-order valence-corrected chi connectivity index (χ0v) is 34.1. The van der Waals surface area contributed by atoms with Gasteiger partial charge in [-0.3, -0.25) is 39.6 Å². The van der Waals surface area contributed by atoms with Crippen molar-refractivity contribution in [2.24, 2.45) is 11.5 Å². The molecule has 8 atom stereocenters. The Labute approximate surface area is 348 Å². The number of carbonyl (C=O) groups is 6. The molecule has 10 rings (SSSR count). The highest BCUT2D eigenvalue weighted by Gasteiger charge is 2.67. The summed E-state index contributed by atoms with van der Waals surface area (Å²) in [5, 5.41) is 24.4. The van der Waals surface area contributed by atoms with Gasteiger partial charge in [0.05, 0.1) is 0 Å². The van der Waals surface area contributed by atoms with Gasteiger partial charge in [0.1, 0.15) is 11.1 Å². The van der Waals surface area contributed by atoms with Gasteiger partial charge in [-0.2, -0.15) is 0 Å². The van der Waals surface area contributed by atoms with E-state index < -0.39 is 57.7 Å². The lowest BCUT2D eigenvalue weighted by Crippen LogP contribution is -2.72. The second-order valence-electron chi connectivity index (χ2n) is 17.8. The number of nitrogens with one attached hydrogen (secondary N) is 2. The maximum Gasteiger partial charge on any atom is 0.411 e. The average Bonchev–Trinajstić information content (AvgIpc) is 3.95. The Kier molecular flexibility index (Phi) is 10.1. The lowest BCUT2D eigenvalue weighted by atomic mass is 9.56. The van der Waals surface area contributed by atoms with Gasteiger partial charge in [-0.15, -0.1) is 0 Å². The number of primary amides is 2. The number of amides is 6. The van der Waals surface area contributed by atoms with Gasteiger partial charge in [-0.25, -0.2) is 9.59 Å². The Morgan fingerprint density at radius 3 is 1.30 bits per heavy atom. The van der Waals surface area contributed by atoms with Gasteiger partial charge < -0.3 is 26.6 Å². The minimum Gasteiger partial charge on any atom is -0.465 e. The van der Waals surface area contributed by atoms with E-state index in [2.05, 4.69) is 37.5 Å². The molecule has 3 aromatic rings. The molecule has 3 aromatic carbocycles. The Morgan fingerprint density at radius 2 is 0.950 bits per heavy atom. The predicted molar refractivity (Wildman–Crippen MR) is 221 cm³/mol. The third-order valence-electron chi connectivity index (χ3n) is 14.8. The number of fused-ring (bicyclic) bond motifs is 6. The summed E-state index contributed by atoms with van der Waals surface area (Å²) in [5.74, 6) is -2.72. The smallest absolute Gasteiger partial charge is 0.411 e. The SMILES string of the molecule is Cc1ccc(N2[C@H](C3CCCN3[C@@]3(C(=O)NC(=O)O)c4ccc(cc4)C3(C)CC(N)=O)CC[C@H]2C2CCCN2[C@@]2(C(=O)NC(=O)O)c3ccc(cc3)C2(C)CC(N)=O)cc1. The lowest BCUT2D eigenvalue weighted by Gasteiger charge is -2.58. The molecule has 0 spiro atoms. The van der Waals surface area contributed by atoms with Crippen molar-refractivity contribution in [2.45, 2.75) is 118 Å². The molecule has 6 amide bonds. The number of carbonyl (C=O) groups excluding carboxylic acids is 4. The Balaban J connectivity index is 1.27. The van der Waals surface area contributed by atoms with Crippen molar-refractivity contribution in [3.05, 3.63) is 101 Å². The van der Waals surface area contributed by atoms with Crippen molar-refractivity contribution in [1.82, 2.24) is 20.4 Å². The van der Waals surface area contributed by atoms with Gasteiger partial charge >= 0.3 is 12.2 Å². The first-order valence-corrected chi connectivity index (χ1v) is 20.8. The highest BCUT2D eigenvalue weighted by Crippen LogP contribution is 2.58. The summed E-state index contributed by atoms with van der Waals surface area (Å²) in [6.07, 6.45) is 0.696. The summed E-state index contributed by atoms with van der Waals surface area (Å²) in [5.41, 5.74) is 10.8.